The molecule has 1 rings (SSSR count). The molecule has 5 nitrogen and oxygen atoms in total. The molecule has 0 saturated heterocycles. The summed E-state index contributed by atoms with van der Waals surface area (Å²) in [4.78, 5) is 10.6. The van der Waals surface area contributed by atoms with Crippen molar-refractivity contribution in [1.82, 2.24) is 5.32 Å². The van der Waals surface area contributed by atoms with Crippen LogP contribution in [0, 0.1) is 11.3 Å². The van der Waals surface area contributed by atoms with Gasteiger partial charge in [-0.25, -0.2) is 0 Å². The van der Waals surface area contributed by atoms with E-state index < -0.39 is 12.0 Å². The second kappa shape index (κ2) is 5.87. The molecule has 0 unspecified atom stereocenters. The molecule has 90 valence electrons. The van der Waals surface area contributed by atoms with Gasteiger partial charge in [0.05, 0.1) is 12.7 Å². The number of methoxy groups -OCH3 is 1. The highest BCUT2D eigenvalue weighted by Gasteiger charge is 2.10. The summed E-state index contributed by atoms with van der Waals surface area (Å²) < 4.78 is 5.02. The maximum absolute atomic E-state index is 10.6. The normalized spacial score (nSPS) is 11.6. The second-order valence-corrected chi connectivity index (χ2v) is 3.59. The van der Waals surface area contributed by atoms with Crippen LogP contribution >= 0.6 is 0 Å². The van der Waals surface area contributed by atoms with E-state index in [9.17, 15) is 4.79 Å². The quantitative estimate of drug-likeness (QED) is 0.798. The van der Waals surface area contributed by atoms with E-state index in [-0.39, 0.29) is 0 Å². The maximum Gasteiger partial charge on any atom is 0.320 e. The van der Waals surface area contributed by atoms with Crippen LogP contribution in [-0.2, 0) is 11.3 Å². The lowest BCUT2D eigenvalue weighted by molar-refractivity contribution is -0.139. The Morgan fingerprint density at radius 1 is 1.65 bits per heavy atom. The highest BCUT2D eigenvalue weighted by Crippen LogP contribution is 2.18. The van der Waals surface area contributed by atoms with Gasteiger partial charge in [-0.05, 0) is 24.6 Å². The van der Waals surface area contributed by atoms with Crippen molar-refractivity contribution in [3.05, 3.63) is 29.3 Å². The fourth-order valence-corrected chi connectivity index (χ4v) is 1.31. The lowest BCUT2D eigenvalue weighted by Crippen LogP contribution is -2.33. The minimum absolute atomic E-state index is 0.395. The summed E-state index contributed by atoms with van der Waals surface area (Å²) in [5.74, 6) is -0.387. The average Bonchev–Trinajstić information content (AvgIpc) is 2.35. The third kappa shape index (κ3) is 3.47. The fourth-order valence-electron chi connectivity index (χ4n) is 1.31. The minimum Gasteiger partial charge on any atom is -0.495 e. The molecule has 0 radical (unpaired) electrons. The molecule has 17 heavy (non-hydrogen) atoms. The summed E-state index contributed by atoms with van der Waals surface area (Å²) in [6.07, 6.45) is 0. The molecule has 0 amide bonds. The third-order valence-electron chi connectivity index (χ3n) is 2.37. The summed E-state index contributed by atoms with van der Waals surface area (Å²) in [6.45, 7) is 1.96. The van der Waals surface area contributed by atoms with Crippen molar-refractivity contribution in [1.29, 1.82) is 5.26 Å². The van der Waals surface area contributed by atoms with Gasteiger partial charge >= 0.3 is 5.97 Å². The topological polar surface area (TPSA) is 82.3 Å². The summed E-state index contributed by atoms with van der Waals surface area (Å²) in [5, 5.41) is 20.4. The fraction of sp³-hybridized carbons (Fsp3) is 0.333. The van der Waals surface area contributed by atoms with Crippen LogP contribution in [0.3, 0.4) is 0 Å². The van der Waals surface area contributed by atoms with Gasteiger partial charge in [-0.2, -0.15) is 5.26 Å². The number of rotatable bonds is 5. The third-order valence-corrected chi connectivity index (χ3v) is 2.37. The number of carbonyl (C=O) groups is 1. The molecule has 0 aliphatic carbocycles. The van der Waals surface area contributed by atoms with Gasteiger partial charge in [0.1, 0.15) is 17.9 Å². The zero-order chi connectivity index (χ0) is 12.8. The van der Waals surface area contributed by atoms with Gasteiger partial charge in [-0.3, -0.25) is 4.79 Å². The van der Waals surface area contributed by atoms with E-state index in [1.165, 1.54) is 7.11 Å². The van der Waals surface area contributed by atoms with Crippen molar-refractivity contribution in [2.45, 2.75) is 19.5 Å². The van der Waals surface area contributed by atoms with Crippen molar-refractivity contribution in [3.8, 4) is 11.8 Å². The number of carboxylic acids is 1. The number of hydrogen-bond acceptors (Lipinski definition) is 4. The van der Waals surface area contributed by atoms with Crippen LogP contribution in [0.1, 0.15) is 18.1 Å². The minimum atomic E-state index is -0.904. The molecule has 0 bridgehead atoms. The first-order valence-electron chi connectivity index (χ1n) is 5.11. The molecule has 1 aromatic rings. The Bertz CT molecular complexity index is 452. The number of nitriles is 1. The molecule has 0 fully saturated rings. The van der Waals surface area contributed by atoms with Crippen LogP contribution in [0.15, 0.2) is 18.2 Å². The van der Waals surface area contributed by atoms with E-state index in [2.05, 4.69) is 5.32 Å². The van der Waals surface area contributed by atoms with Gasteiger partial charge in [0.2, 0.25) is 0 Å². The number of carboxylic acid groups (broad SMARTS) is 1. The van der Waals surface area contributed by atoms with Gasteiger partial charge in [0.25, 0.3) is 0 Å². The Hall–Kier alpha value is -2.06. The van der Waals surface area contributed by atoms with E-state index >= 15 is 0 Å². The van der Waals surface area contributed by atoms with Gasteiger partial charge in [0, 0.05) is 6.54 Å². The highest BCUT2D eigenvalue weighted by molar-refractivity contribution is 5.72. The lowest BCUT2D eigenvalue weighted by atomic mass is 10.1. The van der Waals surface area contributed by atoms with Crippen LogP contribution in [0.25, 0.3) is 0 Å². The van der Waals surface area contributed by atoms with E-state index in [0.717, 1.165) is 5.56 Å². The van der Waals surface area contributed by atoms with E-state index in [1.807, 2.05) is 6.07 Å². The number of nitrogens with zero attached hydrogens (tertiary/aromatic N) is 1. The zero-order valence-electron chi connectivity index (χ0n) is 9.73. The standard InChI is InChI=1S/C12H14N2O3/c1-8(12(15)16)14-7-9-3-4-11(17-2)10(5-9)6-13/h3-5,8,14H,7H2,1-2H3,(H,15,16)/t8-/m1/s1. The predicted octanol–water partition coefficient (Wildman–Crippen LogP) is 1.13. The summed E-state index contributed by atoms with van der Waals surface area (Å²) in [6, 6.07) is 6.57. The molecule has 0 aliphatic rings. The molecular formula is C12H14N2O3. The first-order chi connectivity index (χ1) is 8.08. The van der Waals surface area contributed by atoms with E-state index in [0.29, 0.717) is 17.9 Å². The van der Waals surface area contributed by atoms with Crippen molar-refractivity contribution in [3.63, 3.8) is 0 Å². The predicted molar refractivity (Wildman–Crippen MR) is 61.6 cm³/mol. The van der Waals surface area contributed by atoms with Crippen molar-refractivity contribution < 1.29 is 14.6 Å². The number of nitrogens with one attached hydrogen (secondary N) is 1. The molecule has 0 saturated carbocycles. The van der Waals surface area contributed by atoms with E-state index in [1.54, 1.807) is 25.1 Å². The Morgan fingerprint density at radius 3 is 2.88 bits per heavy atom. The van der Waals surface area contributed by atoms with Crippen LogP contribution in [0.2, 0.25) is 0 Å². The Labute approximate surface area is 99.6 Å². The smallest absolute Gasteiger partial charge is 0.320 e. The number of ether oxygens (including phenoxy) is 1. The van der Waals surface area contributed by atoms with Gasteiger partial charge in [-0.1, -0.05) is 6.07 Å². The molecule has 1 aromatic carbocycles. The largest absolute Gasteiger partial charge is 0.495 e. The van der Waals surface area contributed by atoms with Crippen LogP contribution in [0.5, 0.6) is 5.75 Å². The monoisotopic (exact) mass is 234 g/mol. The summed E-state index contributed by atoms with van der Waals surface area (Å²) >= 11 is 0. The molecule has 0 aromatic heterocycles. The maximum atomic E-state index is 10.6. The molecule has 0 spiro atoms. The number of hydrogen-bond donors (Lipinski definition) is 2. The Kier molecular flexibility index (Phi) is 4.49. The van der Waals surface area contributed by atoms with E-state index in [4.69, 9.17) is 15.1 Å². The molecule has 5 heteroatoms. The van der Waals surface area contributed by atoms with Gasteiger partial charge < -0.3 is 15.2 Å². The van der Waals surface area contributed by atoms with Crippen molar-refractivity contribution in [2.75, 3.05) is 7.11 Å². The number of aliphatic carboxylic acids is 1. The second-order valence-electron chi connectivity index (χ2n) is 3.59. The average molecular weight is 234 g/mol. The van der Waals surface area contributed by atoms with Crippen molar-refractivity contribution >= 4 is 5.97 Å². The zero-order valence-corrected chi connectivity index (χ0v) is 9.73. The molecule has 0 heterocycles. The van der Waals surface area contributed by atoms with Gasteiger partial charge in [0.15, 0.2) is 0 Å². The number of benzene rings is 1. The first kappa shape index (κ1) is 13.0. The van der Waals surface area contributed by atoms with Crippen LogP contribution in [-0.4, -0.2) is 24.2 Å². The van der Waals surface area contributed by atoms with Crippen LogP contribution < -0.4 is 10.1 Å². The molecule has 2 N–H and O–H groups in total. The van der Waals surface area contributed by atoms with Gasteiger partial charge in [-0.15, -0.1) is 0 Å². The van der Waals surface area contributed by atoms with Crippen LogP contribution in [0.4, 0.5) is 0 Å². The summed E-state index contributed by atoms with van der Waals surface area (Å²) in [7, 11) is 1.50. The molecule has 1 atom stereocenters. The molecule has 0 aliphatic heterocycles. The lowest BCUT2D eigenvalue weighted by Gasteiger charge is -2.10. The molecular weight excluding hydrogens is 220 g/mol. The van der Waals surface area contributed by atoms with Crippen molar-refractivity contribution in [2.24, 2.45) is 0 Å². The summed E-state index contributed by atoms with van der Waals surface area (Å²) in [5.41, 5.74) is 1.28. The Morgan fingerprint density at radius 2 is 2.35 bits per heavy atom. The Balaban J connectivity index is 2.74. The first-order valence-corrected chi connectivity index (χ1v) is 5.11. The SMILES string of the molecule is COc1ccc(CN[C@H](C)C(=O)O)cc1C#N. The highest BCUT2D eigenvalue weighted by atomic mass is 16.5.